The van der Waals surface area contributed by atoms with Gasteiger partial charge in [0.2, 0.25) is 0 Å². The van der Waals surface area contributed by atoms with Gasteiger partial charge < -0.3 is 9.30 Å². The van der Waals surface area contributed by atoms with E-state index in [1.165, 1.54) is 6.07 Å². The second kappa shape index (κ2) is 9.21. The van der Waals surface area contributed by atoms with Gasteiger partial charge in [0.1, 0.15) is 18.6 Å². The van der Waals surface area contributed by atoms with Crippen molar-refractivity contribution in [2.75, 3.05) is 31.1 Å². The third-order valence-electron chi connectivity index (χ3n) is 5.40. The van der Waals surface area contributed by atoms with Crippen LogP contribution < -0.4 is 0 Å². The molecule has 5 nitrogen and oxygen atoms in total. The average Bonchev–Trinajstić information content (AvgIpc) is 2.97. The molecular weight excluding hydrogens is 411 g/mol. The van der Waals surface area contributed by atoms with Gasteiger partial charge in [0, 0.05) is 40.7 Å². The Balaban J connectivity index is 2.07. The topological polar surface area (TPSA) is 63.7 Å². The highest BCUT2D eigenvalue weighted by Gasteiger charge is 2.22. The lowest BCUT2D eigenvalue weighted by Crippen LogP contribution is -2.11. The minimum absolute atomic E-state index is 0.302. The molecule has 0 aliphatic rings. The molecule has 0 bridgehead atoms. The Bertz CT molecular complexity index is 1170. The first-order valence-electron chi connectivity index (χ1n) is 10.0. The number of benzene rings is 1. The minimum Gasteiger partial charge on any atom is -0.360 e. The van der Waals surface area contributed by atoms with E-state index >= 15 is 4.39 Å². The van der Waals surface area contributed by atoms with Gasteiger partial charge in [-0.05, 0) is 56.4 Å². The van der Waals surface area contributed by atoms with Crippen molar-refractivity contribution in [3.63, 3.8) is 0 Å². The summed E-state index contributed by atoms with van der Waals surface area (Å²) in [6.45, 7) is 8.63. The molecule has 0 saturated carbocycles. The van der Waals surface area contributed by atoms with E-state index in [-0.39, 0.29) is 0 Å². The molecule has 0 N–H and O–H groups in total. The fourth-order valence-electron chi connectivity index (χ4n) is 3.59. The monoisotopic (exact) mass is 440 g/mol. The number of hydrogen-bond donors (Lipinski definition) is 0. The number of nitrogens with zero attached hydrogens (tertiary/aromatic N) is 4. The molecule has 0 saturated heterocycles. The molecule has 3 aromatic rings. The summed E-state index contributed by atoms with van der Waals surface area (Å²) < 4.78 is 23.1. The largest absolute Gasteiger partial charge is 0.360 e. The minimum atomic E-state index is -0.647. The zero-order valence-corrected chi connectivity index (χ0v) is 19.6. The summed E-state index contributed by atoms with van der Waals surface area (Å²) >= 11 is 0. The number of nitriles is 1. The van der Waals surface area contributed by atoms with Crippen molar-refractivity contribution in [1.29, 1.82) is 5.26 Å². The highest BCUT2D eigenvalue weighted by Crippen LogP contribution is 2.35. The fraction of sp³-hybridized carbons (Fsp3) is 0.375. The molecule has 0 aliphatic carbocycles. The molecule has 0 atom stereocenters. The fourth-order valence-corrected chi connectivity index (χ4v) is 4.21. The van der Waals surface area contributed by atoms with Crippen molar-refractivity contribution in [3.05, 3.63) is 64.6 Å². The SMILES string of the molecule is C=Cc1nccc(Cc2c(F)cc(C#N)c3c2c(C)c(C)n3COCCS(C)(C)C)n1. The molecule has 164 valence electrons. The normalized spacial score (nSPS) is 12.2. The Morgan fingerprint density at radius 3 is 2.71 bits per heavy atom. The standard InChI is InChI=1S/C24H29FN4OS/c1-7-22-27-9-8-19(28-22)13-20-21(25)12-18(14-26)24-23(20)16(2)17(3)29(24)15-30-10-11-31(4,5)6/h7-9,12H,1,10-11,13,15H2,2-6H3. The van der Waals surface area contributed by atoms with E-state index in [2.05, 4.69) is 41.4 Å². The van der Waals surface area contributed by atoms with Crippen molar-refractivity contribution in [3.8, 4) is 6.07 Å². The summed E-state index contributed by atoms with van der Waals surface area (Å²) in [5.74, 6) is 1.11. The Kier molecular flexibility index (Phi) is 6.83. The lowest BCUT2D eigenvalue weighted by atomic mass is 9.98. The van der Waals surface area contributed by atoms with Crippen molar-refractivity contribution >= 4 is 27.0 Å². The molecule has 0 amide bonds. The molecule has 31 heavy (non-hydrogen) atoms. The lowest BCUT2D eigenvalue weighted by molar-refractivity contribution is 0.0914. The number of rotatable bonds is 8. The van der Waals surface area contributed by atoms with Crippen LogP contribution in [0.15, 0.2) is 24.9 Å². The van der Waals surface area contributed by atoms with Crippen LogP contribution in [-0.2, 0) is 17.9 Å². The highest BCUT2D eigenvalue weighted by molar-refractivity contribution is 8.32. The summed E-state index contributed by atoms with van der Waals surface area (Å²) in [6, 6.07) is 5.26. The number of aryl methyl sites for hydroxylation is 1. The lowest BCUT2D eigenvalue weighted by Gasteiger charge is -2.24. The van der Waals surface area contributed by atoms with E-state index < -0.39 is 15.8 Å². The molecule has 0 radical (unpaired) electrons. The maximum atomic E-state index is 15.1. The first-order valence-corrected chi connectivity index (χ1v) is 13.1. The Hall–Kier alpha value is -2.69. The number of halogens is 1. The summed E-state index contributed by atoms with van der Waals surface area (Å²) in [5.41, 5.74) is 4.17. The Labute approximate surface area is 184 Å². The molecule has 7 heteroatoms. The van der Waals surface area contributed by atoms with Gasteiger partial charge in [-0.15, -0.1) is 0 Å². The number of fused-ring (bicyclic) bond motifs is 1. The van der Waals surface area contributed by atoms with Gasteiger partial charge in [0.25, 0.3) is 0 Å². The molecule has 2 aromatic heterocycles. The molecule has 0 spiro atoms. The molecule has 1 aromatic carbocycles. The van der Waals surface area contributed by atoms with Crippen molar-refractivity contribution in [2.45, 2.75) is 27.0 Å². The van der Waals surface area contributed by atoms with Crippen LogP contribution >= 0.6 is 10.0 Å². The van der Waals surface area contributed by atoms with Gasteiger partial charge >= 0.3 is 0 Å². The smallest absolute Gasteiger partial charge is 0.151 e. The van der Waals surface area contributed by atoms with E-state index in [9.17, 15) is 5.26 Å². The van der Waals surface area contributed by atoms with Crippen LogP contribution in [0.5, 0.6) is 0 Å². The Morgan fingerprint density at radius 2 is 2.06 bits per heavy atom. The van der Waals surface area contributed by atoms with Crippen LogP contribution in [0.4, 0.5) is 4.39 Å². The second-order valence-corrected chi connectivity index (χ2v) is 13.1. The summed E-state index contributed by atoms with van der Waals surface area (Å²) in [6.07, 6.45) is 10.3. The van der Waals surface area contributed by atoms with Crippen LogP contribution in [0.25, 0.3) is 17.0 Å². The first kappa shape index (κ1) is 23.0. The molecule has 0 unspecified atom stereocenters. The predicted octanol–water partition coefficient (Wildman–Crippen LogP) is 4.96. The van der Waals surface area contributed by atoms with Gasteiger partial charge in [-0.3, -0.25) is 0 Å². The van der Waals surface area contributed by atoms with Crippen molar-refractivity contribution in [2.24, 2.45) is 0 Å². The summed E-state index contributed by atoms with van der Waals surface area (Å²) in [7, 11) is -0.647. The van der Waals surface area contributed by atoms with E-state index in [1.54, 1.807) is 18.3 Å². The molecule has 2 heterocycles. The number of aromatic nitrogens is 3. The third-order valence-corrected chi connectivity index (χ3v) is 6.79. The zero-order valence-electron chi connectivity index (χ0n) is 18.8. The number of hydrogen-bond acceptors (Lipinski definition) is 4. The van der Waals surface area contributed by atoms with Crippen LogP contribution in [0.1, 0.15) is 33.9 Å². The predicted molar refractivity (Wildman–Crippen MR) is 127 cm³/mol. The highest BCUT2D eigenvalue weighted by atomic mass is 32.3. The Morgan fingerprint density at radius 1 is 1.32 bits per heavy atom. The molecule has 0 aliphatic heterocycles. The van der Waals surface area contributed by atoms with Gasteiger partial charge in [0.15, 0.2) is 5.82 Å². The average molecular weight is 441 g/mol. The van der Waals surface area contributed by atoms with E-state index in [1.807, 2.05) is 18.4 Å². The van der Waals surface area contributed by atoms with Crippen LogP contribution in [0.3, 0.4) is 0 Å². The second-order valence-electron chi connectivity index (χ2n) is 8.48. The first-order chi connectivity index (χ1) is 14.7. The van der Waals surface area contributed by atoms with Crippen LogP contribution in [0, 0.1) is 31.0 Å². The maximum Gasteiger partial charge on any atom is 0.151 e. The van der Waals surface area contributed by atoms with Gasteiger partial charge in [0.05, 0.1) is 17.7 Å². The third kappa shape index (κ3) is 4.97. The van der Waals surface area contributed by atoms with Crippen molar-refractivity contribution in [1.82, 2.24) is 14.5 Å². The van der Waals surface area contributed by atoms with Crippen LogP contribution in [0.2, 0.25) is 0 Å². The quantitative estimate of drug-likeness (QED) is 0.465. The summed E-state index contributed by atoms with van der Waals surface area (Å²) in [4.78, 5) is 8.55. The van der Waals surface area contributed by atoms with Crippen molar-refractivity contribution < 1.29 is 9.13 Å². The molecular formula is C24H29FN4OS. The van der Waals surface area contributed by atoms with E-state index in [0.717, 1.165) is 27.9 Å². The molecule has 0 fully saturated rings. The van der Waals surface area contributed by atoms with E-state index in [0.29, 0.717) is 42.4 Å². The van der Waals surface area contributed by atoms with Gasteiger partial charge in [-0.1, -0.05) is 6.58 Å². The van der Waals surface area contributed by atoms with E-state index in [4.69, 9.17) is 4.74 Å². The van der Waals surface area contributed by atoms with Crippen LogP contribution in [-0.4, -0.2) is 45.7 Å². The molecule has 3 rings (SSSR count). The zero-order chi connectivity index (χ0) is 22.8. The maximum absolute atomic E-state index is 15.1. The number of ether oxygens (including phenoxy) is 1. The van der Waals surface area contributed by atoms with Gasteiger partial charge in [-0.25, -0.2) is 24.4 Å². The summed E-state index contributed by atoms with van der Waals surface area (Å²) in [5, 5.41) is 10.5. The van der Waals surface area contributed by atoms with Gasteiger partial charge in [-0.2, -0.15) is 5.26 Å².